The monoisotopic (exact) mass is 545 g/mol. The van der Waals surface area contributed by atoms with E-state index in [2.05, 4.69) is 53.0 Å². The van der Waals surface area contributed by atoms with Crippen molar-refractivity contribution in [2.24, 2.45) is 0 Å². The minimum absolute atomic E-state index is 0.158. The Morgan fingerprint density at radius 2 is 1.83 bits per heavy atom. The maximum absolute atomic E-state index is 12.8. The fourth-order valence-electron chi connectivity index (χ4n) is 4.46. The van der Waals surface area contributed by atoms with Gasteiger partial charge in [-0.15, -0.1) is 0 Å². The zero-order chi connectivity index (χ0) is 21.8. The van der Waals surface area contributed by atoms with Gasteiger partial charge in [0, 0.05) is 39.8 Å². The Hall–Kier alpha value is -1.74. The number of halogens is 5. The zero-order valence-corrected chi connectivity index (χ0v) is 19.5. The summed E-state index contributed by atoms with van der Waals surface area (Å²) in [4.78, 5) is 15.9. The van der Waals surface area contributed by atoms with E-state index in [1.165, 1.54) is 0 Å². The summed E-state index contributed by atoms with van der Waals surface area (Å²) in [6.45, 7) is 2.56. The molecular formula is C21H20Br2F3N3O. The molecule has 2 aromatic rings. The van der Waals surface area contributed by atoms with Crippen LogP contribution in [0, 0.1) is 6.92 Å². The number of carbonyl (C=O) groups is 1. The first-order valence-electron chi connectivity index (χ1n) is 9.54. The van der Waals surface area contributed by atoms with Gasteiger partial charge in [-0.25, -0.2) is 0 Å². The van der Waals surface area contributed by atoms with Crippen LogP contribution in [0.3, 0.4) is 0 Å². The molecule has 0 radical (unpaired) electrons. The predicted octanol–water partition coefficient (Wildman–Crippen LogP) is 5.99. The summed E-state index contributed by atoms with van der Waals surface area (Å²) in [7, 11) is 2.00. The van der Waals surface area contributed by atoms with E-state index in [-0.39, 0.29) is 6.04 Å². The summed E-state index contributed by atoms with van der Waals surface area (Å²) in [5.41, 5.74) is 5.16. The van der Waals surface area contributed by atoms with Crippen LogP contribution in [-0.4, -0.2) is 31.7 Å². The second kappa shape index (κ2) is 7.75. The third-order valence-electron chi connectivity index (χ3n) is 5.92. The van der Waals surface area contributed by atoms with E-state index in [0.29, 0.717) is 19.4 Å². The van der Waals surface area contributed by atoms with Crippen LogP contribution in [0.1, 0.15) is 30.0 Å². The molecule has 2 heterocycles. The van der Waals surface area contributed by atoms with Gasteiger partial charge in [-0.2, -0.15) is 13.2 Å². The van der Waals surface area contributed by atoms with Crippen LogP contribution in [0.2, 0.25) is 0 Å². The molecule has 2 aliphatic rings. The number of nitrogens with one attached hydrogen (secondary N) is 1. The number of rotatable bonds is 1. The molecule has 1 saturated heterocycles. The lowest BCUT2D eigenvalue weighted by Gasteiger charge is -2.41. The predicted molar refractivity (Wildman–Crippen MR) is 118 cm³/mol. The summed E-state index contributed by atoms with van der Waals surface area (Å²) in [5.74, 6) is -1.87. The third-order valence-corrected chi connectivity index (χ3v) is 7.28. The van der Waals surface area contributed by atoms with Crippen LogP contribution in [0.25, 0.3) is 0 Å². The lowest BCUT2D eigenvalue weighted by molar-refractivity contribution is -0.174. The molecule has 0 aliphatic carbocycles. The SMILES string of the molecule is Cc1c(Br)ccc2c1[C@@H]1C[C@@H](NC(=O)C(F)(F)F)CCN1c1ccc(Br)cc1N2C. The van der Waals surface area contributed by atoms with Gasteiger partial charge in [0.25, 0.3) is 0 Å². The van der Waals surface area contributed by atoms with Crippen LogP contribution in [-0.2, 0) is 4.79 Å². The Morgan fingerprint density at radius 3 is 2.53 bits per heavy atom. The number of amides is 1. The third kappa shape index (κ3) is 3.70. The molecule has 0 spiro atoms. The zero-order valence-electron chi connectivity index (χ0n) is 16.4. The Labute approximate surface area is 189 Å². The topological polar surface area (TPSA) is 35.6 Å². The number of hydrogen-bond donors (Lipinski definition) is 1. The van der Waals surface area contributed by atoms with Crippen LogP contribution in [0.5, 0.6) is 0 Å². The van der Waals surface area contributed by atoms with Crippen molar-refractivity contribution < 1.29 is 18.0 Å². The van der Waals surface area contributed by atoms with E-state index < -0.39 is 18.1 Å². The van der Waals surface area contributed by atoms with E-state index in [1.54, 1.807) is 0 Å². The molecular weight excluding hydrogens is 527 g/mol. The lowest BCUT2D eigenvalue weighted by Crippen LogP contribution is -2.49. The van der Waals surface area contributed by atoms with Gasteiger partial charge in [-0.1, -0.05) is 31.9 Å². The van der Waals surface area contributed by atoms with Crippen molar-refractivity contribution in [2.45, 2.75) is 38.0 Å². The van der Waals surface area contributed by atoms with Gasteiger partial charge in [0.15, 0.2) is 0 Å². The van der Waals surface area contributed by atoms with Gasteiger partial charge in [0.1, 0.15) is 0 Å². The smallest absolute Gasteiger partial charge is 0.363 e. The molecule has 0 bridgehead atoms. The number of nitrogens with zero attached hydrogens (tertiary/aromatic N) is 2. The average molecular weight is 547 g/mol. The number of benzene rings is 2. The van der Waals surface area contributed by atoms with Crippen LogP contribution in [0.15, 0.2) is 39.3 Å². The highest BCUT2D eigenvalue weighted by molar-refractivity contribution is 9.10. The molecule has 30 heavy (non-hydrogen) atoms. The van der Waals surface area contributed by atoms with E-state index in [0.717, 1.165) is 37.1 Å². The van der Waals surface area contributed by atoms with Crippen molar-refractivity contribution in [1.29, 1.82) is 0 Å². The second-order valence-electron chi connectivity index (χ2n) is 7.70. The first kappa shape index (κ1) is 21.5. The number of fused-ring (bicyclic) bond motifs is 5. The molecule has 160 valence electrons. The minimum atomic E-state index is -4.88. The van der Waals surface area contributed by atoms with Gasteiger partial charge in [0.2, 0.25) is 0 Å². The maximum atomic E-state index is 12.8. The highest BCUT2D eigenvalue weighted by Crippen LogP contribution is 2.50. The highest BCUT2D eigenvalue weighted by Gasteiger charge is 2.42. The van der Waals surface area contributed by atoms with Crippen molar-refractivity contribution in [1.82, 2.24) is 5.32 Å². The molecule has 1 fully saturated rings. The number of hydrogen-bond acceptors (Lipinski definition) is 3. The number of carbonyl (C=O) groups excluding carboxylic acids is 1. The van der Waals surface area contributed by atoms with Gasteiger partial charge in [-0.05, 0) is 55.7 Å². The molecule has 1 N–H and O–H groups in total. The summed E-state index contributed by atoms with van der Waals surface area (Å²) in [6.07, 6.45) is -4.04. The second-order valence-corrected chi connectivity index (χ2v) is 9.47. The van der Waals surface area contributed by atoms with E-state index in [4.69, 9.17) is 0 Å². The van der Waals surface area contributed by atoms with E-state index >= 15 is 0 Å². The van der Waals surface area contributed by atoms with Crippen LogP contribution < -0.4 is 15.1 Å². The Balaban J connectivity index is 1.81. The van der Waals surface area contributed by atoms with Crippen LogP contribution >= 0.6 is 31.9 Å². The number of alkyl halides is 3. The molecule has 1 amide bonds. The van der Waals surface area contributed by atoms with Crippen molar-refractivity contribution in [2.75, 3.05) is 23.4 Å². The first-order valence-corrected chi connectivity index (χ1v) is 11.1. The van der Waals surface area contributed by atoms with Crippen molar-refractivity contribution >= 4 is 54.8 Å². The fourth-order valence-corrected chi connectivity index (χ4v) is 5.16. The molecule has 2 aromatic carbocycles. The molecule has 9 heteroatoms. The maximum Gasteiger partial charge on any atom is 0.471 e. The van der Waals surface area contributed by atoms with Crippen molar-refractivity contribution in [3.63, 3.8) is 0 Å². The molecule has 2 atom stereocenters. The van der Waals surface area contributed by atoms with Gasteiger partial charge in [-0.3, -0.25) is 4.79 Å². The van der Waals surface area contributed by atoms with Crippen molar-refractivity contribution in [3.8, 4) is 0 Å². The molecule has 4 rings (SSSR count). The largest absolute Gasteiger partial charge is 0.471 e. The summed E-state index contributed by atoms with van der Waals surface area (Å²) >= 11 is 7.15. The number of piperidine rings is 1. The van der Waals surface area contributed by atoms with Crippen molar-refractivity contribution in [3.05, 3.63) is 50.4 Å². The molecule has 2 aliphatic heterocycles. The van der Waals surface area contributed by atoms with Gasteiger partial charge in [0.05, 0.1) is 17.4 Å². The summed E-state index contributed by atoms with van der Waals surface area (Å²) < 4.78 is 40.3. The average Bonchev–Trinajstić information content (AvgIpc) is 2.78. The highest BCUT2D eigenvalue weighted by atomic mass is 79.9. The van der Waals surface area contributed by atoms with E-state index in [9.17, 15) is 18.0 Å². The normalized spacial score (nSPS) is 20.8. The van der Waals surface area contributed by atoms with Crippen LogP contribution in [0.4, 0.5) is 30.2 Å². The lowest BCUT2D eigenvalue weighted by atomic mass is 9.88. The summed E-state index contributed by atoms with van der Waals surface area (Å²) in [5, 5.41) is 2.20. The Morgan fingerprint density at radius 1 is 1.13 bits per heavy atom. The molecule has 0 unspecified atom stereocenters. The Kier molecular flexibility index (Phi) is 5.55. The fraction of sp³-hybridized carbons (Fsp3) is 0.381. The first-order chi connectivity index (χ1) is 14.1. The molecule has 0 saturated carbocycles. The minimum Gasteiger partial charge on any atom is -0.363 e. The number of anilines is 3. The van der Waals surface area contributed by atoms with Gasteiger partial charge >= 0.3 is 12.1 Å². The van der Waals surface area contributed by atoms with Gasteiger partial charge < -0.3 is 15.1 Å². The summed E-state index contributed by atoms with van der Waals surface area (Å²) in [6, 6.07) is 9.37. The Bertz CT molecular complexity index is 1010. The molecule has 4 nitrogen and oxygen atoms in total. The standard InChI is InChI=1S/C21H20Br2F3N3O/c1-11-14(23)4-6-16-19(11)18-10-13(27-20(30)21(24,25)26)7-8-29(18)15-5-3-12(22)9-17(15)28(16)2/h3-6,9,13,18H,7-8,10H2,1-2H3,(H,27,30)/t13-,18-/m0/s1. The molecule has 0 aromatic heterocycles. The van der Waals surface area contributed by atoms with E-state index in [1.807, 2.05) is 38.2 Å². The quantitative estimate of drug-likeness (QED) is 0.477.